The molecule has 1 aromatic carbocycles. The highest BCUT2D eigenvalue weighted by molar-refractivity contribution is 7.99. The first kappa shape index (κ1) is 15.0. The maximum absolute atomic E-state index is 13.3. The van der Waals surface area contributed by atoms with E-state index < -0.39 is 18.2 Å². The second kappa shape index (κ2) is 7.41. The smallest absolute Gasteiger partial charge is 0.387 e. The van der Waals surface area contributed by atoms with Gasteiger partial charge in [0.25, 0.3) is 0 Å². The molecule has 2 nitrogen and oxygen atoms in total. The van der Waals surface area contributed by atoms with Gasteiger partial charge in [-0.25, -0.2) is 4.39 Å². The molecule has 0 aliphatic carbocycles. The molecule has 0 radical (unpaired) electrons. The summed E-state index contributed by atoms with van der Waals surface area (Å²) < 4.78 is 41.5. The van der Waals surface area contributed by atoms with Crippen LogP contribution in [0.4, 0.5) is 18.9 Å². The van der Waals surface area contributed by atoms with Crippen molar-refractivity contribution in [1.82, 2.24) is 0 Å². The summed E-state index contributed by atoms with van der Waals surface area (Å²) in [5.41, 5.74) is 5.88. The second-order valence-corrected chi connectivity index (χ2v) is 4.89. The standard InChI is InChI=1S/C12H16F3NOS/c1-2-3-4-5-18-11-7-10(17-12(14)15)8(13)6-9(11)16/h6-7,12H,2-5,16H2,1H3. The van der Waals surface area contributed by atoms with Crippen LogP contribution in [0.2, 0.25) is 0 Å². The monoisotopic (exact) mass is 279 g/mol. The SMILES string of the molecule is CCCCCSc1cc(OC(F)F)c(F)cc1N. The van der Waals surface area contributed by atoms with Gasteiger partial charge < -0.3 is 10.5 Å². The van der Waals surface area contributed by atoms with E-state index in [-0.39, 0.29) is 5.69 Å². The minimum Gasteiger partial charge on any atom is -0.432 e. The van der Waals surface area contributed by atoms with Gasteiger partial charge in [-0.1, -0.05) is 19.8 Å². The number of rotatable bonds is 7. The molecule has 0 fully saturated rings. The highest BCUT2D eigenvalue weighted by atomic mass is 32.2. The van der Waals surface area contributed by atoms with Gasteiger partial charge in [0, 0.05) is 16.6 Å². The molecule has 0 unspecified atom stereocenters. The van der Waals surface area contributed by atoms with E-state index in [1.54, 1.807) is 0 Å². The lowest BCUT2D eigenvalue weighted by atomic mass is 10.3. The van der Waals surface area contributed by atoms with Crippen LogP contribution in [0.1, 0.15) is 26.2 Å². The number of anilines is 1. The fourth-order valence-electron chi connectivity index (χ4n) is 1.40. The maximum atomic E-state index is 13.3. The van der Waals surface area contributed by atoms with E-state index in [0.717, 1.165) is 31.1 Å². The molecule has 2 N–H and O–H groups in total. The summed E-state index contributed by atoms with van der Waals surface area (Å²) in [4.78, 5) is 0.572. The third-order valence-corrected chi connectivity index (χ3v) is 3.44. The molecule has 0 bridgehead atoms. The van der Waals surface area contributed by atoms with Crippen molar-refractivity contribution < 1.29 is 17.9 Å². The number of nitrogens with two attached hydrogens (primary N) is 1. The largest absolute Gasteiger partial charge is 0.432 e. The Kier molecular flexibility index (Phi) is 6.18. The molecule has 102 valence electrons. The van der Waals surface area contributed by atoms with E-state index in [1.807, 2.05) is 0 Å². The van der Waals surface area contributed by atoms with Crippen LogP contribution in [0, 0.1) is 5.82 Å². The van der Waals surface area contributed by atoms with Crippen molar-refractivity contribution in [1.29, 1.82) is 0 Å². The van der Waals surface area contributed by atoms with E-state index in [4.69, 9.17) is 5.73 Å². The van der Waals surface area contributed by atoms with Crippen LogP contribution in [-0.4, -0.2) is 12.4 Å². The van der Waals surface area contributed by atoms with Gasteiger partial charge in [0.15, 0.2) is 11.6 Å². The van der Waals surface area contributed by atoms with Crippen molar-refractivity contribution in [3.05, 3.63) is 17.9 Å². The summed E-state index contributed by atoms with van der Waals surface area (Å²) in [7, 11) is 0. The summed E-state index contributed by atoms with van der Waals surface area (Å²) in [6.07, 6.45) is 3.19. The van der Waals surface area contributed by atoms with Crippen LogP contribution in [0.5, 0.6) is 5.75 Å². The first-order chi connectivity index (χ1) is 8.54. The fraction of sp³-hybridized carbons (Fsp3) is 0.500. The van der Waals surface area contributed by atoms with Gasteiger partial charge in [-0.15, -0.1) is 11.8 Å². The van der Waals surface area contributed by atoms with Crippen molar-refractivity contribution in [2.24, 2.45) is 0 Å². The Morgan fingerprint density at radius 3 is 2.67 bits per heavy atom. The number of benzene rings is 1. The van der Waals surface area contributed by atoms with Crippen molar-refractivity contribution in [2.75, 3.05) is 11.5 Å². The van der Waals surface area contributed by atoms with Crippen LogP contribution in [0.15, 0.2) is 17.0 Å². The summed E-state index contributed by atoms with van der Waals surface area (Å²) in [5.74, 6) is -0.513. The zero-order valence-electron chi connectivity index (χ0n) is 10.1. The van der Waals surface area contributed by atoms with Crippen LogP contribution in [-0.2, 0) is 0 Å². The number of hydrogen-bond acceptors (Lipinski definition) is 3. The average molecular weight is 279 g/mol. The third kappa shape index (κ3) is 4.68. The predicted molar refractivity (Wildman–Crippen MR) is 67.7 cm³/mol. The molecule has 0 aliphatic rings. The number of hydrogen-bond donors (Lipinski definition) is 1. The lowest BCUT2D eigenvalue weighted by Crippen LogP contribution is -2.04. The van der Waals surface area contributed by atoms with E-state index in [2.05, 4.69) is 11.7 Å². The second-order valence-electron chi connectivity index (χ2n) is 3.75. The molecule has 0 aromatic heterocycles. The minimum atomic E-state index is -3.04. The molecule has 6 heteroatoms. The van der Waals surface area contributed by atoms with Crippen LogP contribution in [0.25, 0.3) is 0 Å². The van der Waals surface area contributed by atoms with Gasteiger partial charge in [-0.3, -0.25) is 0 Å². The summed E-state index contributed by atoms with van der Waals surface area (Å²) in [5, 5.41) is 0. The highest BCUT2D eigenvalue weighted by Gasteiger charge is 2.13. The number of unbranched alkanes of at least 4 members (excludes halogenated alkanes) is 2. The number of nitrogen functional groups attached to an aromatic ring is 1. The third-order valence-electron chi connectivity index (χ3n) is 2.29. The van der Waals surface area contributed by atoms with Crippen molar-refractivity contribution in [2.45, 2.75) is 37.7 Å². The molecule has 1 rings (SSSR count). The molecule has 1 aromatic rings. The van der Waals surface area contributed by atoms with Gasteiger partial charge in [0.05, 0.1) is 0 Å². The predicted octanol–water partition coefficient (Wildman–Crippen LogP) is 4.29. The first-order valence-electron chi connectivity index (χ1n) is 5.71. The van der Waals surface area contributed by atoms with Crippen LogP contribution in [0.3, 0.4) is 0 Å². The molecule has 0 heterocycles. The van der Waals surface area contributed by atoms with Gasteiger partial charge in [-0.05, 0) is 18.2 Å². The van der Waals surface area contributed by atoms with E-state index >= 15 is 0 Å². The van der Waals surface area contributed by atoms with Crippen molar-refractivity contribution >= 4 is 17.4 Å². The zero-order valence-corrected chi connectivity index (χ0v) is 10.9. The van der Waals surface area contributed by atoms with E-state index in [0.29, 0.717) is 4.90 Å². The molecule has 0 atom stereocenters. The Labute approximate surface area is 109 Å². The number of ether oxygens (including phenoxy) is 1. The topological polar surface area (TPSA) is 35.2 Å². The maximum Gasteiger partial charge on any atom is 0.387 e. The molecule has 18 heavy (non-hydrogen) atoms. The van der Waals surface area contributed by atoms with Crippen LogP contribution >= 0.6 is 11.8 Å². The molecule has 0 saturated carbocycles. The van der Waals surface area contributed by atoms with Gasteiger partial charge in [-0.2, -0.15) is 8.78 Å². The Bertz CT molecular complexity index is 388. The summed E-state index contributed by atoms with van der Waals surface area (Å²) in [6, 6.07) is 2.24. The first-order valence-corrected chi connectivity index (χ1v) is 6.69. The zero-order chi connectivity index (χ0) is 13.5. The van der Waals surface area contributed by atoms with Crippen molar-refractivity contribution in [3.8, 4) is 5.75 Å². The molecule has 0 spiro atoms. The molecule has 0 amide bonds. The average Bonchev–Trinajstić information content (AvgIpc) is 2.29. The molecular formula is C12H16F3NOS. The Hall–Kier alpha value is -1.04. The van der Waals surface area contributed by atoms with Gasteiger partial charge in [0.2, 0.25) is 0 Å². The lowest BCUT2D eigenvalue weighted by molar-refractivity contribution is -0.0523. The Morgan fingerprint density at radius 1 is 1.33 bits per heavy atom. The van der Waals surface area contributed by atoms with Gasteiger partial charge in [0.1, 0.15) is 0 Å². The Morgan fingerprint density at radius 2 is 2.06 bits per heavy atom. The Balaban J connectivity index is 2.71. The number of halogens is 3. The highest BCUT2D eigenvalue weighted by Crippen LogP contribution is 2.32. The van der Waals surface area contributed by atoms with E-state index in [9.17, 15) is 13.2 Å². The molecular weight excluding hydrogens is 263 g/mol. The van der Waals surface area contributed by atoms with Crippen LogP contribution < -0.4 is 10.5 Å². The fourth-order valence-corrected chi connectivity index (χ4v) is 2.38. The molecule has 0 saturated heterocycles. The normalized spacial score (nSPS) is 10.9. The van der Waals surface area contributed by atoms with Gasteiger partial charge >= 0.3 is 6.61 Å². The molecule has 0 aliphatic heterocycles. The number of alkyl halides is 2. The minimum absolute atomic E-state index is 0.246. The lowest BCUT2D eigenvalue weighted by Gasteiger charge is -2.10. The van der Waals surface area contributed by atoms with E-state index in [1.165, 1.54) is 17.8 Å². The number of thioether (sulfide) groups is 1. The summed E-state index contributed by atoms with van der Waals surface area (Å²) in [6.45, 7) is -0.952. The summed E-state index contributed by atoms with van der Waals surface area (Å²) >= 11 is 1.42. The van der Waals surface area contributed by atoms with Crippen molar-refractivity contribution in [3.63, 3.8) is 0 Å². The quantitative estimate of drug-likeness (QED) is 0.459.